The van der Waals surface area contributed by atoms with Gasteiger partial charge in [-0.2, -0.15) is 0 Å². The van der Waals surface area contributed by atoms with E-state index in [1.165, 1.54) is 4.68 Å². The molecule has 142 valence electrons. The summed E-state index contributed by atoms with van der Waals surface area (Å²) in [5.74, 6) is -0.885. The van der Waals surface area contributed by atoms with Crippen molar-refractivity contribution in [3.05, 3.63) is 11.3 Å². The molecule has 1 amide bonds. The maximum absolute atomic E-state index is 13.1. The number of fused-ring (bicyclic) bond motifs is 1. The van der Waals surface area contributed by atoms with Crippen molar-refractivity contribution >= 4 is 44.9 Å². The number of amides is 1. The molecule has 1 aromatic heterocycles. The molecule has 0 radical (unpaired) electrons. The van der Waals surface area contributed by atoms with Gasteiger partial charge in [-0.3, -0.25) is 14.5 Å². The molecule has 0 aliphatic carbocycles. The standard InChI is InChI=1S/C14H18ClN5O4S2/c1-6-8(9(21)14(2,3)4)20-10(22)7(15)11(20)26(23,24)12(6)25-13-16-17-18-19(13)5/h7,11-12H,1-5H3/t7-,11?,12-/m0/s1. The van der Waals surface area contributed by atoms with E-state index in [0.717, 1.165) is 16.7 Å². The van der Waals surface area contributed by atoms with Crippen LogP contribution in [0.2, 0.25) is 0 Å². The minimum absolute atomic E-state index is 0.104. The number of nitrogens with zero attached hydrogens (tertiary/aromatic N) is 5. The summed E-state index contributed by atoms with van der Waals surface area (Å²) < 4.78 is 26.4. The number of Topliss-reactive ketones (excluding diaryl/α,β-unsaturated/α-hetero) is 1. The third-order valence-electron chi connectivity index (χ3n) is 4.27. The van der Waals surface area contributed by atoms with E-state index in [9.17, 15) is 18.0 Å². The summed E-state index contributed by atoms with van der Waals surface area (Å²) in [6.07, 6.45) is 0. The van der Waals surface area contributed by atoms with Crippen molar-refractivity contribution in [3.8, 4) is 0 Å². The highest BCUT2D eigenvalue weighted by atomic mass is 35.5. The smallest absolute Gasteiger partial charge is 0.249 e. The quantitative estimate of drug-likeness (QED) is 0.520. The molecule has 2 aliphatic heterocycles. The molecule has 3 atom stereocenters. The number of hydrogen-bond donors (Lipinski definition) is 0. The number of sulfone groups is 1. The second-order valence-electron chi connectivity index (χ2n) is 7.24. The zero-order valence-corrected chi connectivity index (χ0v) is 17.2. The van der Waals surface area contributed by atoms with Gasteiger partial charge in [0.15, 0.2) is 21.0 Å². The second-order valence-corrected chi connectivity index (χ2v) is 11.2. The first-order valence-electron chi connectivity index (χ1n) is 7.73. The number of tetrazole rings is 1. The number of halogens is 1. The van der Waals surface area contributed by atoms with Gasteiger partial charge >= 0.3 is 0 Å². The molecule has 1 saturated heterocycles. The zero-order chi connectivity index (χ0) is 19.6. The lowest BCUT2D eigenvalue weighted by atomic mass is 9.86. The number of rotatable bonds is 3. The zero-order valence-electron chi connectivity index (χ0n) is 14.8. The van der Waals surface area contributed by atoms with Crippen LogP contribution in [-0.2, 0) is 26.5 Å². The van der Waals surface area contributed by atoms with Crippen molar-refractivity contribution in [2.75, 3.05) is 0 Å². The molecule has 0 saturated carbocycles. The molecular weight excluding hydrogens is 402 g/mol. The highest BCUT2D eigenvalue weighted by Gasteiger charge is 2.62. The van der Waals surface area contributed by atoms with Gasteiger partial charge in [-0.15, -0.1) is 16.7 Å². The molecular formula is C14H18ClN5O4S2. The molecule has 2 aliphatic rings. The normalized spacial score (nSPS) is 28.0. The summed E-state index contributed by atoms with van der Waals surface area (Å²) in [5, 5.41) is 8.80. The number of aromatic nitrogens is 4. The molecule has 0 spiro atoms. The first-order valence-corrected chi connectivity index (χ1v) is 10.7. The molecule has 12 heteroatoms. The van der Waals surface area contributed by atoms with Crippen molar-refractivity contribution in [1.82, 2.24) is 25.1 Å². The Morgan fingerprint density at radius 3 is 2.42 bits per heavy atom. The summed E-state index contributed by atoms with van der Waals surface area (Å²) in [5.41, 5.74) is -0.403. The number of hydrogen-bond acceptors (Lipinski definition) is 8. The Labute approximate surface area is 160 Å². The number of carbonyl (C=O) groups excluding carboxylic acids is 2. The molecule has 1 aromatic rings. The Hall–Kier alpha value is -1.46. The maximum atomic E-state index is 13.1. The predicted octanol–water partition coefficient (Wildman–Crippen LogP) is 0.722. The van der Waals surface area contributed by atoms with Crippen LogP contribution < -0.4 is 0 Å². The molecule has 3 rings (SSSR count). The minimum atomic E-state index is -3.88. The summed E-state index contributed by atoms with van der Waals surface area (Å²) >= 11 is 6.93. The average Bonchev–Trinajstić information content (AvgIpc) is 2.93. The average molecular weight is 420 g/mol. The Bertz CT molecular complexity index is 933. The Balaban J connectivity index is 2.17. The molecule has 26 heavy (non-hydrogen) atoms. The van der Waals surface area contributed by atoms with Crippen LogP contribution in [0, 0.1) is 5.41 Å². The fourth-order valence-corrected chi connectivity index (χ4v) is 7.22. The Morgan fingerprint density at radius 1 is 1.31 bits per heavy atom. The number of ketones is 1. The summed E-state index contributed by atoms with van der Waals surface area (Å²) in [6, 6.07) is 0. The molecule has 3 heterocycles. The van der Waals surface area contributed by atoms with Gasteiger partial charge in [0.2, 0.25) is 11.1 Å². The first kappa shape index (κ1) is 19.3. The lowest BCUT2D eigenvalue weighted by Crippen LogP contribution is -2.69. The fraction of sp³-hybridized carbons (Fsp3) is 0.643. The SMILES string of the molecule is CC1=C(C(=O)C(C)(C)C)N2C(=O)[C@H](Cl)C2S(=O)(=O)[C@@H]1Sc1nnnn1C. The van der Waals surface area contributed by atoms with Crippen molar-refractivity contribution in [2.24, 2.45) is 12.5 Å². The van der Waals surface area contributed by atoms with Crippen LogP contribution in [0.15, 0.2) is 16.4 Å². The van der Waals surface area contributed by atoms with Gasteiger partial charge in [-0.05, 0) is 22.9 Å². The van der Waals surface area contributed by atoms with E-state index in [1.54, 1.807) is 34.7 Å². The molecule has 1 fully saturated rings. The van der Waals surface area contributed by atoms with E-state index in [0.29, 0.717) is 0 Å². The number of thioether (sulfide) groups is 1. The van der Waals surface area contributed by atoms with Crippen LogP contribution in [-0.4, -0.2) is 60.5 Å². The molecule has 0 bridgehead atoms. The number of β-lactam (4-membered cyclic amide) rings is 1. The van der Waals surface area contributed by atoms with E-state index in [-0.39, 0.29) is 22.2 Å². The minimum Gasteiger partial charge on any atom is -0.292 e. The molecule has 1 unspecified atom stereocenters. The predicted molar refractivity (Wildman–Crippen MR) is 94.8 cm³/mol. The van der Waals surface area contributed by atoms with Crippen LogP contribution in [0.5, 0.6) is 0 Å². The van der Waals surface area contributed by atoms with Crippen molar-refractivity contribution in [2.45, 2.75) is 48.2 Å². The van der Waals surface area contributed by atoms with Gasteiger partial charge in [0, 0.05) is 12.5 Å². The molecule has 0 aromatic carbocycles. The van der Waals surface area contributed by atoms with E-state index >= 15 is 0 Å². The topological polar surface area (TPSA) is 115 Å². The van der Waals surface area contributed by atoms with Gasteiger partial charge in [-0.25, -0.2) is 13.1 Å². The number of allylic oxidation sites excluding steroid dienone is 1. The second kappa shape index (κ2) is 6.03. The highest BCUT2D eigenvalue weighted by Crippen LogP contribution is 2.47. The number of carbonyl (C=O) groups is 2. The highest BCUT2D eigenvalue weighted by molar-refractivity contribution is 8.14. The maximum Gasteiger partial charge on any atom is 0.249 e. The lowest BCUT2D eigenvalue weighted by molar-refractivity contribution is -0.142. The van der Waals surface area contributed by atoms with Crippen LogP contribution >= 0.6 is 23.4 Å². The molecule has 0 N–H and O–H groups in total. The van der Waals surface area contributed by atoms with E-state index in [4.69, 9.17) is 11.6 Å². The van der Waals surface area contributed by atoms with Crippen LogP contribution in [0.25, 0.3) is 0 Å². The van der Waals surface area contributed by atoms with Gasteiger partial charge in [0.05, 0.1) is 5.70 Å². The largest absolute Gasteiger partial charge is 0.292 e. The van der Waals surface area contributed by atoms with Crippen LogP contribution in [0.3, 0.4) is 0 Å². The lowest BCUT2D eigenvalue weighted by Gasteiger charge is -2.49. The third kappa shape index (κ3) is 2.67. The Kier molecular flexibility index (Phi) is 4.48. The number of alkyl halides is 1. The van der Waals surface area contributed by atoms with E-state index in [1.807, 2.05) is 0 Å². The van der Waals surface area contributed by atoms with Gasteiger partial charge in [0.1, 0.15) is 9.96 Å². The summed E-state index contributed by atoms with van der Waals surface area (Å²) in [7, 11) is -2.30. The van der Waals surface area contributed by atoms with Crippen molar-refractivity contribution in [1.29, 1.82) is 0 Å². The van der Waals surface area contributed by atoms with Crippen LogP contribution in [0.4, 0.5) is 0 Å². The van der Waals surface area contributed by atoms with Gasteiger partial charge in [-0.1, -0.05) is 32.5 Å². The van der Waals surface area contributed by atoms with Gasteiger partial charge in [0.25, 0.3) is 0 Å². The molecule has 9 nitrogen and oxygen atoms in total. The van der Waals surface area contributed by atoms with E-state index in [2.05, 4.69) is 15.5 Å². The third-order valence-corrected chi connectivity index (χ3v) is 9.17. The van der Waals surface area contributed by atoms with Gasteiger partial charge < -0.3 is 0 Å². The first-order chi connectivity index (χ1) is 11.9. The summed E-state index contributed by atoms with van der Waals surface area (Å²) in [6.45, 7) is 6.68. The summed E-state index contributed by atoms with van der Waals surface area (Å²) in [4.78, 5) is 26.2. The van der Waals surface area contributed by atoms with Crippen molar-refractivity contribution in [3.63, 3.8) is 0 Å². The Morgan fingerprint density at radius 2 is 1.92 bits per heavy atom. The van der Waals surface area contributed by atoms with E-state index < -0.39 is 36.5 Å². The van der Waals surface area contributed by atoms with Crippen LogP contribution in [0.1, 0.15) is 27.7 Å². The van der Waals surface area contributed by atoms with Crippen molar-refractivity contribution < 1.29 is 18.0 Å². The monoisotopic (exact) mass is 419 g/mol. The fourth-order valence-electron chi connectivity index (χ4n) is 2.87. The number of aryl methyl sites for hydroxylation is 1.